The van der Waals surface area contributed by atoms with E-state index >= 15 is 0 Å². The minimum atomic E-state index is 0.323. The fourth-order valence-electron chi connectivity index (χ4n) is 0.688. The smallest absolute Gasteiger partial charge is 0.232 e. The van der Waals surface area contributed by atoms with Crippen molar-refractivity contribution < 1.29 is 4.74 Å². The van der Waals surface area contributed by atoms with Crippen molar-refractivity contribution >= 4 is 11.6 Å². The molecule has 4 heteroatoms. The van der Waals surface area contributed by atoms with Gasteiger partial charge in [0.15, 0.2) is 6.61 Å². The van der Waals surface area contributed by atoms with Gasteiger partial charge in [-0.15, -0.1) is 5.92 Å². The summed E-state index contributed by atoms with van der Waals surface area (Å²) in [5, 5.41) is 4.17. The number of hydrogen-bond donors (Lipinski definition) is 0. The van der Waals surface area contributed by atoms with Gasteiger partial charge in [0.1, 0.15) is 11.2 Å². The number of aromatic nitrogens is 2. The van der Waals surface area contributed by atoms with Crippen molar-refractivity contribution in [1.82, 2.24) is 9.78 Å². The van der Waals surface area contributed by atoms with Gasteiger partial charge in [-0.1, -0.05) is 17.5 Å². The average molecular weight is 184 g/mol. The van der Waals surface area contributed by atoms with E-state index in [-0.39, 0.29) is 0 Å². The summed E-state index contributed by atoms with van der Waals surface area (Å²) in [6.45, 7) is 2.07. The topological polar surface area (TPSA) is 27.1 Å². The average Bonchev–Trinajstić information content (AvgIpc) is 2.35. The molecule has 1 aromatic heterocycles. The molecule has 0 N–H and O–H groups in total. The Morgan fingerprint density at radius 2 is 2.50 bits per heavy atom. The Morgan fingerprint density at radius 1 is 1.75 bits per heavy atom. The molecule has 0 spiro atoms. The van der Waals surface area contributed by atoms with Crippen LogP contribution in [0.3, 0.4) is 0 Å². The van der Waals surface area contributed by atoms with Gasteiger partial charge in [-0.2, -0.15) is 5.10 Å². The van der Waals surface area contributed by atoms with E-state index in [1.54, 1.807) is 14.0 Å². The van der Waals surface area contributed by atoms with Crippen LogP contribution in [-0.4, -0.2) is 16.4 Å². The molecule has 1 aromatic rings. The number of rotatable bonds is 2. The normalized spacial score (nSPS) is 8.92. The molecule has 63 valence electrons. The Bertz CT molecular complexity index is 302. The van der Waals surface area contributed by atoms with Crippen molar-refractivity contribution in [1.29, 1.82) is 0 Å². The van der Waals surface area contributed by atoms with E-state index in [4.69, 9.17) is 16.3 Å². The van der Waals surface area contributed by atoms with Crippen LogP contribution in [0, 0.1) is 18.0 Å². The van der Waals surface area contributed by atoms with Gasteiger partial charge in [0.05, 0.1) is 0 Å². The van der Waals surface area contributed by atoms with E-state index in [9.17, 15) is 0 Å². The first-order chi connectivity index (χ1) is 5.75. The van der Waals surface area contributed by atoms with E-state index in [1.165, 1.54) is 4.68 Å². The van der Waals surface area contributed by atoms with Crippen LogP contribution in [0.5, 0.6) is 5.88 Å². The minimum Gasteiger partial charge on any atom is -0.464 e. The summed E-state index contributed by atoms with van der Waals surface area (Å²) in [6, 6.07) is 0. The van der Waals surface area contributed by atoms with Crippen LogP contribution in [0.1, 0.15) is 6.92 Å². The van der Waals surface area contributed by atoms with Gasteiger partial charge in [0.25, 0.3) is 0 Å². The lowest BCUT2D eigenvalue weighted by Gasteiger charge is -2.01. The van der Waals surface area contributed by atoms with Crippen LogP contribution in [-0.2, 0) is 7.05 Å². The molecule has 0 fully saturated rings. The Morgan fingerprint density at radius 3 is 3.00 bits per heavy atom. The molecule has 0 amide bonds. The first-order valence-electron chi connectivity index (χ1n) is 3.38. The Balaban J connectivity index is 2.65. The van der Waals surface area contributed by atoms with Gasteiger partial charge in [-0.3, -0.25) is 0 Å². The van der Waals surface area contributed by atoms with Crippen LogP contribution in [0.4, 0.5) is 0 Å². The monoisotopic (exact) mass is 183 g/mol. The molecule has 0 aromatic carbocycles. The molecular weight excluding hydrogens is 176 g/mol. The third-order valence-electron chi connectivity index (χ3n) is 1.24. The highest BCUT2D eigenvalue weighted by Crippen LogP contribution is 2.21. The lowest BCUT2D eigenvalue weighted by Crippen LogP contribution is -2.00. The van der Waals surface area contributed by atoms with Crippen LogP contribution in [0.15, 0.2) is 0 Å². The standard InChI is InChI=1S/C8H8ClN2O/c1-3-4-5-12-8-7(9)6-10-11(8)2/h5H2,1-2H3. The molecule has 0 saturated heterocycles. The number of nitrogens with zero attached hydrogens (tertiary/aromatic N) is 2. The molecule has 0 unspecified atom stereocenters. The van der Waals surface area contributed by atoms with E-state index in [0.29, 0.717) is 17.5 Å². The highest BCUT2D eigenvalue weighted by atomic mass is 35.5. The van der Waals surface area contributed by atoms with Gasteiger partial charge in [0.2, 0.25) is 5.88 Å². The van der Waals surface area contributed by atoms with Gasteiger partial charge < -0.3 is 4.74 Å². The van der Waals surface area contributed by atoms with Crippen LogP contribution < -0.4 is 4.74 Å². The zero-order chi connectivity index (χ0) is 8.97. The number of aryl methyl sites for hydroxylation is 1. The molecule has 0 aliphatic carbocycles. The molecule has 1 heterocycles. The molecule has 0 bridgehead atoms. The van der Waals surface area contributed by atoms with Crippen molar-refractivity contribution in [3.8, 4) is 17.7 Å². The maximum absolute atomic E-state index is 5.71. The fraction of sp³-hybridized carbons (Fsp3) is 0.375. The highest BCUT2D eigenvalue weighted by molar-refractivity contribution is 6.31. The molecular formula is C8H8ClN2O. The molecule has 0 saturated carbocycles. The third-order valence-corrected chi connectivity index (χ3v) is 1.48. The Labute approximate surface area is 76.3 Å². The lowest BCUT2D eigenvalue weighted by molar-refractivity contribution is 0.335. The maximum atomic E-state index is 5.71. The zero-order valence-electron chi connectivity index (χ0n) is 6.89. The number of hydrogen-bond acceptors (Lipinski definition) is 2. The van der Waals surface area contributed by atoms with Gasteiger partial charge in [-0.25, -0.2) is 4.68 Å². The zero-order valence-corrected chi connectivity index (χ0v) is 7.64. The fourth-order valence-corrected chi connectivity index (χ4v) is 0.902. The van der Waals surface area contributed by atoms with Gasteiger partial charge >= 0.3 is 0 Å². The van der Waals surface area contributed by atoms with Crippen LogP contribution in [0.25, 0.3) is 0 Å². The van der Waals surface area contributed by atoms with E-state index < -0.39 is 0 Å². The van der Waals surface area contributed by atoms with Crippen molar-refractivity contribution in [3.05, 3.63) is 11.2 Å². The molecule has 0 aliphatic heterocycles. The lowest BCUT2D eigenvalue weighted by atomic mass is 10.6. The first-order valence-corrected chi connectivity index (χ1v) is 3.76. The largest absolute Gasteiger partial charge is 0.464 e. The SMILES string of the molecule is CC#CCOc1c(Cl)[c]nn1C. The van der Waals surface area contributed by atoms with Crippen molar-refractivity contribution in [2.45, 2.75) is 6.92 Å². The summed E-state index contributed by atoms with van der Waals surface area (Å²) in [7, 11) is 1.73. The number of ether oxygens (including phenoxy) is 1. The van der Waals surface area contributed by atoms with Crippen LogP contribution in [0.2, 0.25) is 5.02 Å². The predicted octanol–water partition coefficient (Wildman–Crippen LogP) is 1.28. The maximum Gasteiger partial charge on any atom is 0.232 e. The molecule has 1 radical (unpaired) electrons. The first kappa shape index (κ1) is 8.95. The molecule has 0 atom stereocenters. The summed E-state index contributed by atoms with van der Waals surface area (Å²) >= 11 is 5.71. The van der Waals surface area contributed by atoms with Crippen molar-refractivity contribution in [2.75, 3.05) is 6.61 Å². The van der Waals surface area contributed by atoms with E-state index in [0.717, 1.165) is 0 Å². The van der Waals surface area contributed by atoms with Crippen molar-refractivity contribution in [2.24, 2.45) is 7.05 Å². The molecule has 0 aliphatic rings. The molecule has 1 rings (SSSR count). The van der Waals surface area contributed by atoms with E-state index in [1.807, 2.05) is 0 Å². The summed E-state index contributed by atoms with van der Waals surface area (Å²) in [6.07, 6.45) is 2.57. The molecule has 12 heavy (non-hydrogen) atoms. The van der Waals surface area contributed by atoms with Crippen LogP contribution >= 0.6 is 11.6 Å². The molecule has 3 nitrogen and oxygen atoms in total. The summed E-state index contributed by atoms with van der Waals surface area (Å²) in [5.74, 6) is 5.97. The summed E-state index contributed by atoms with van der Waals surface area (Å²) in [5.41, 5.74) is 0. The Kier molecular flexibility index (Phi) is 3.01. The summed E-state index contributed by atoms with van der Waals surface area (Å²) < 4.78 is 6.73. The second-order valence-electron chi connectivity index (χ2n) is 2.07. The quantitative estimate of drug-likeness (QED) is 0.646. The van der Waals surface area contributed by atoms with Gasteiger partial charge in [-0.05, 0) is 6.92 Å². The Hall–Kier alpha value is -1.14. The summed E-state index contributed by atoms with van der Waals surface area (Å²) in [4.78, 5) is 0. The number of halogens is 1. The van der Waals surface area contributed by atoms with Crippen molar-refractivity contribution in [3.63, 3.8) is 0 Å². The predicted molar refractivity (Wildman–Crippen MR) is 46.0 cm³/mol. The van der Waals surface area contributed by atoms with E-state index in [2.05, 4.69) is 23.1 Å². The third kappa shape index (κ3) is 1.93. The minimum absolute atomic E-state index is 0.323. The highest BCUT2D eigenvalue weighted by Gasteiger charge is 2.06. The second kappa shape index (κ2) is 4.03. The second-order valence-corrected chi connectivity index (χ2v) is 2.45. The van der Waals surface area contributed by atoms with Gasteiger partial charge in [0, 0.05) is 7.05 Å².